The molecule has 13 heavy (non-hydrogen) atoms. The van der Waals surface area contributed by atoms with E-state index in [1.54, 1.807) is 14.0 Å². The van der Waals surface area contributed by atoms with Crippen LogP contribution in [-0.2, 0) is 9.59 Å². The van der Waals surface area contributed by atoms with Crippen LogP contribution in [0.5, 0.6) is 0 Å². The molecular weight excluding hydrogens is 170 g/mol. The molecule has 74 valence electrons. The van der Waals surface area contributed by atoms with Crippen LogP contribution >= 0.6 is 0 Å². The van der Waals surface area contributed by atoms with Crippen molar-refractivity contribution in [1.29, 1.82) is 0 Å². The zero-order chi connectivity index (χ0) is 10.0. The predicted octanol–water partition coefficient (Wildman–Crippen LogP) is -1.32. The molecule has 0 aliphatic carbocycles. The summed E-state index contributed by atoms with van der Waals surface area (Å²) in [5, 5.41) is 2.83. The van der Waals surface area contributed by atoms with Crippen LogP contribution in [0, 0.1) is 0 Å². The summed E-state index contributed by atoms with van der Waals surface area (Å²) in [5.41, 5.74) is 5.11. The molecule has 0 aromatic carbocycles. The first-order valence-electron chi connectivity index (χ1n) is 4.35. The molecule has 1 heterocycles. The number of nitrogens with zero attached hydrogens (tertiary/aromatic N) is 1. The molecule has 0 aromatic heterocycles. The molecule has 2 atom stereocenters. The standard InChI is InChI=1S/C8H15N3O2/c1-5(10-2)8(13)11-4-3-6(11)7(9)12/h5-6,10H,3-4H2,1-2H3,(H2,9,12). The quantitative estimate of drug-likeness (QED) is 0.572. The van der Waals surface area contributed by atoms with Gasteiger partial charge in [0.1, 0.15) is 6.04 Å². The minimum atomic E-state index is -0.414. The Hall–Kier alpha value is -1.10. The number of hydrogen-bond acceptors (Lipinski definition) is 3. The number of carbonyl (C=O) groups is 2. The molecule has 1 rings (SSSR count). The van der Waals surface area contributed by atoms with Crippen molar-refractivity contribution in [3.63, 3.8) is 0 Å². The molecule has 1 aliphatic rings. The first kappa shape index (κ1) is 9.98. The van der Waals surface area contributed by atoms with Gasteiger partial charge in [0.05, 0.1) is 6.04 Å². The van der Waals surface area contributed by atoms with Crippen LogP contribution in [0.1, 0.15) is 13.3 Å². The van der Waals surface area contributed by atoms with Gasteiger partial charge in [-0.3, -0.25) is 9.59 Å². The van der Waals surface area contributed by atoms with E-state index in [1.807, 2.05) is 0 Å². The number of amides is 2. The fourth-order valence-corrected chi connectivity index (χ4v) is 1.32. The van der Waals surface area contributed by atoms with Gasteiger partial charge in [0.25, 0.3) is 0 Å². The van der Waals surface area contributed by atoms with Gasteiger partial charge in [-0.05, 0) is 20.4 Å². The summed E-state index contributed by atoms with van der Waals surface area (Å²) in [5.74, 6) is -0.472. The molecule has 0 bridgehead atoms. The Kier molecular flexibility index (Phi) is 2.87. The van der Waals surface area contributed by atoms with Crippen molar-refractivity contribution >= 4 is 11.8 Å². The third-order valence-corrected chi connectivity index (χ3v) is 2.43. The Labute approximate surface area is 77.3 Å². The van der Waals surface area contributed by atoms with Gasteiger partial charge in [0, 0.05) is 6.54 Å². The van der Waals surface area contributed by atoms with E-state index in [0.717, 1.165) is 0 Å². The van der Waals surface area contributed by atoms with Crippen LogP contribution in [0.3, 0.4) is 0 Å². The highest BCUT2D eigenvalue weighted by Gasteiger charge is 2.37. The van der Waals surface area contributed by atoms with Gasteiger partial charge in [0.2, 0.25) is 11.8 Å². The van der Waals surface area contributed by atoms with Crippen LogP contribution in [0.25, 0.3) is 0 Å². The normalized spacial score (nSPS) is 23.5. The van der Waals surface area contributed by atoms with Gasteiger partial charge in [-0.25, -0.2) is 0 Å². The summed E-state index contributed by atoms with van der Waals surface area (Å²) in [6, 6.07) is -0.634. The number of nitrogens with two attached hydrogens (primary N) is 1. The lowest BCUT2D eigenvalue weighted by molar-refractivity contribution is -0.147. The topological polar surface area (TPSA) is 75.4 Å². The molecule has 2 unspecified atom stereocenters. The average molecular weight is 185 g/mol. The van der Waals surface area contributed by atoms with E-state index in [0.29, 0.717) is 13.0 Å². The lowest BCUT2D eigenvalue weighted by Crippen LogP contribution is -2.60. The second-order valence-electron chi connectivity index (χ2n) is 3.25. The van der Waals surface area contributed by atoms with Gasteiger partial charge in [-0.15, -0.1) is 0 Å². The van der Waals surface area contributed by atoms with Gasteiger partial charge < -0.3 is 16.0 Å². The van der Waals surface area contributed by atoms with Crippen molar-refractivity contribution in [2.45, 2.75) is 25.4 Å². The molecule has 0 saturated carbocycles. The van der Waals surface area contributed by atoms with Crippen molar-refractivity contribution < 1.29 is 9.59 Å². The fraction of sp³-hybridized carbons (Fsp3) is 0.750. The van der Waals surface area contributed by atoms with E-state index in [1.165, 1.54) is 4.90 Å². The second-order valence-corrected chi connectivity index (χ2v) is 3.25. The lowest BCUT2D eigenvalue weighted by atomic mass is 10.0. The lowest BCUT2D eigenvalue weighted by Gasteiger charge is -2.40. The van der Waals surface area contributed by atoms with Crippen molar-refractivity contribution in [1.82, 2.24) is 10.2 Å². The summed E-state index contributed by atoms with van der Waals surface area (Å²) >= 11 is 0. The van der Waals surface area contributed by atoms with Crippen LogP contribution in [-0.4, -0.2) is 42.4 Å². The number of nitrogens with one attached hydrogen (secondary N) is 1. The average Bonchev–Trinajstić information content (AvgIpc) is 1.99. The maximum Gasteiger partial charge on any atom is 0.240 e. The third kappa shape index (κ3) is 1.80. The third-order valence-electron chi connectivity index (χ3n) is 2.43. The van der Waals surface area contributed by atoms with Crippen LogP contribution in [0.2, 0.25) is 0 Å². The van der Waals surface area contributed by atoms with E-state index < -0.39 is 5.91 Å². The number of primary amides is 1. The SMILES string of the molecule is CNC(C)C(=O)N1CCC1C(N)=O. The van der Waals surface area contributed by atoms with E-state index in [-0.39, 0.29) is 18.0 Å². The monoisotopic (exact) mass is 185 g/mol. The minimum Gasteiger partial charge on any atom is -0.368 e. The molecule has 0 radical (unpaired) electrons. The minimum absolute atomic E-state index is 0.0578. The van der Waals surface area contributed by atoms with Crippen LogP contribution in [0.4, 0.5) is 0 Å². The number of rotatable bonds is 3. The van der Waals surface area contributed by atoms with Gasteiger partial charge in [0.15, 0.2) is 0 Å². The zero-order valence-electron chi connectivity index (χ0n) is 7.91. The molecule has 1 aliphatic heterocycles. The van der Waals surface area contributed by atoms with E-state index >= 15 is 0 Å². The number of likely N-dealkylation sites (tertiary alicyclic amines) is 1. The van der Waals surface area contributed by atoms with Crippen LogP contribution < -0.4 is 11.1 Å². The summed E-state index contributed by atoms with van der Waals surface area (Å²) in [6.07, 6.45) is 0.692. The summed E-state index contributed by atoms with van der Waals surface area (Å²) in [6.45, 7) is 2.40. The summed E-state index contributed by atoms with van der Waals surface area (Å²) in [7, 11) is 1.71. The maximum absolute atomic E-state index is 11.5. The van der Waals surface area contributed by atoms with Gasteiger partial charge in [-0.2, -0.15) is 0 Å². The molecule has 1 fully saturated rings. The molecule has 0 spiro atoms. The molecule has 3 N–H and O–H groups in total. The molecular formula is C8H15N3O2. The van der Waals surface area contributed by atoms with Crippen molar-refractivity contribution in [3.8, 4) is 0 Å². The summed E-state index contributed by atoms with van der Waals surface area (Å²) < 4.78 is 0. The van der Waals surface area contributed by atoms with Crippen molar-refractivity contribution in [2.75, 3.05) is 13.6 Å². The van der Waals surface area contributed by atoms with Crippen LogP contribution in [0.15, 0.2) is 0 Å². The number of likely N-dealkylation sites (N-methyl/N-ethyl adjacent to an activating group) is 1. The van der Waals surface area contributed by atoms with Gasteiger partial charge >= 0.3 is 0 Å². The first-order chi connectivity index (χ1) is 6.07. The highest BCUT2D eigenvalue weighted by atomic mass is 16.2. The maximum atomic E-state index is 11.5. The molecule has 1 saturated heterocycles. The fourth-order valence-electron chi connectivity index (χ4n) is 1.32. The molecule has 5 heteroatoms. The second kappa shape index (κ2) is 3.74. The Balaban J connectivity index is 2.53. The van der Waals surface area contributed by atoms with E-state index in [9.17, 15) is 9.59 Å². The van der Waals surface area contributed by atoms with Gasteiger partial charge in [-0.1, -0.05) is 0 Å². The Morgan fingerprint density at radius 2 is 2.23 bits per heavy atom. The Morgan fingerprint density at radius 1 is 1.62 bits per heavy atom. The molecule has 5 nitrogen and oxygen atoms in total. The molecule has 2 amide bonds. The predicted molar refractivity (Wildman–Crippen MR) is 47.8 cm³/mol. The first-order valence-corrected chi connectivity index (χ1v) is 4.35. The zero-order valence-corrected chi connectivity index (χ0v) is 7.91. The number of hydrogen-bond donors (Lipinski definition) is 2. The smallest absolute Gasteiger partial charge is 0.240 e. The van der Waals surface area contributed by atoms with E-state index in [2.05, 4.69) is 5.32 Å². The van der Waals surface area contributed by atoms with Crippen molar-refractivity contribution in [3.05, 3.63) is 0 Å². The largest absolute Gasteiger partial charge is 0.368 e. The Bertz CT molecular complexity index is 229. The van der Waals surface area contributed by atoms with E-state index in [4.69, 9.17) is 5.73 Å². The van der Waals surface area contributed by atoms with Crippen molar-refractivity contribution in [2.24, 2.45) is 5.73 Å². The Morgan fingerprint density at radius 3 is 2.54 bits per heavy atom. The highest BCUT2D eigenvalue weighted by Crippen LogP contribution is 2.17. The highest BCUT2D eigenvalue weighted by molar-refractivity contribution is 5.90. The number of carbonyl (C=O) groups excluding carboxylic acids is 2. The molecule has 0 aromatic rings. The summed E-state index contributed by atoms with van der Waals surface area (Å²) in [4.78, 5) is 23.9.